The smallest absolute Gasteiger partial charge is 0.340 e. The number of anilines is 1. The van der Waals surface area contributed by atoms with Crippen LogP contribution in [0.25, 0.3) is 0 Å². The molecule has 0 aliphatic rings. The third kappa shape index (κ3) is 4.19. The summed E-state index contributed by atoms with van der Waals surface area (Å²) in [7, 11) is 3.21. The lowest BCUT2D eigenvalue weighted by Crippen LogP contribution is -2.36. The van der Waals surface area contributed by atoms with Crippen molar-refractivity contribution in [3.63, 3.8) is 0 Å². The summed E-state index contributed by atoms with van der Waals surface area (Å²) < 4.78 is 15.9. The molecule has 0 aliphatic carbocycles. The number of nitrogens with zero attached hydrogens (tertiary/aromatic N) is 1. The highest BCUT2D eigenvalue weighted by Crippen LogP contribution is 2.23. The van der Waals surface area contributed by atoms with Gasteiger partial charge in [0.25, 0.3) is 0 Å². The summed E-state index contributed by atoms with van der Waals surface area (Å²) >= 11 is 0. The maximum absolute atomic E-state index is 12.3. The lowest BCUT2D eigenvalue weighted by molar-refractivity contribution is 0.0336. The van der Waals surface area contributed by atoms with Crippen LogP contribution in [0.5, 0.6) is 11.5 Å². The van der Waals surface area contributed by atoms with Crippen LogP contribution in [-0.2, 0) is 4.74 Å². The van der Waals surface area contributed by atoms with Crippen molar-refractivity contribution in [2.75, 3.05) is 25.7 Å². The minimum absolute atomic E-state index is 0.369. The second-order valence-electron chi connectivity index (χ2n) is 5.22. The van der Waals surface area contributed by atoms with Gasteiger partial charge in [-0.25, -0.2) is 4.79 Å². The molecule has 0 radical (unpaired) electrons. The van der Waals surface area contributed by atoms with Gasteiger partial charge in [0.15, 0.2) is 6.23 Å². The zero-order valence-corrected chi connectivity index (χ0v) is 14.5. The van der Waals surface area contributed by atoms with Crippen LogP contribution in [0.15, 0.2) is 48.5 Å². The second-order valence-corrected chi connectivity index (χ2v) is 5.22. The molecule has 128 valence electrons. The van der Waals surface area contributed by atoms with Crippen molar-refractivity contribution in [2.24, 2.45) is 0 Å². The molecule has 0 bridgehead atoms. The van der Waals surface area contributed by atoms with Gasteiger partial charge in [0.05, 0.1) is 19.8 Å². The standard InChI is InChI=1S/C19H23NO4/c1-5-20(16-7-6-8-18(13-16)23-4)14(2)24-19(21)15-9-11-17(22-3)12-10-15/h6-14H,5H2,1-4H3. The molecule has 0 aliphatic heterocycles. The van der Waals surface area contributed by atoms with E-state index in [2.05, 4.69) is 0 Å². The second kappa shape index (κ2) is 8.24. The van der Waals surface area contributed by atoms with Crippen molar-refractivity contribution < 1.29 is 19.0 Å². The van der Waals surface area contributed by atoms with E-state index < -0.39 is 6.23 Å². The monoisotopic (exact) mass is 329 g/mol. The molecule has 0 spiro atoms. The fraction of sp³-hybridized carbons (Fsp3) is 0.316. The summed E-state index contributed by atoms with van der Waals surface area (Å²) in [6, 6.07) is 14.5. The van der Waals surface area contributed by atoms with Crippen molar-refractivity contribution in [1.29, 1.82) is 0 Å². The first-order valence-electron chi connectivity index (χ1n) is 7.84. The Balaban J connectivity index is 2.10. The van der Waals surface area contributed by atoms with Gasteiger partial charge in [-0.2, -0.15) is 0 Å². The van der Waals surface area contributed by atoms with Crippen LogP contribution in [0.2, 0.25) is 0 Å². The quantitative estimate of drug-likeness (QED) is 0.572. The number of methoxy groups -OCH3 is 2. The van der Waals surface area contributed by atoms with E-state index in [1.54, 1.807) is 38.5 Å². The van der Waals surface area contributed by atoms with Gasteiger partial charge in [-0.1, -0.05) is 6.07 Å². The molecule has 0 aromatic heterocycles. The summed E-state index contributed by atoms with van der Waals surface area (Å²) in [5, 5.41) is 0. The third-order valence-electron chi connectivity index (χ3n) is 3.77. The first-order chi connectivity index (χ1) is 11.6. The first-order valence-corrected chi connectivity index (χ1v) is 7.84. The minimum atomic E-state index is -0.406. The Morgan fingerprint density at radius 2 is 1.71 bits per heavy atom. The third-order valence-corrected chi connectivity index (χ3v) is 3.77. The van der Waals surface area contributed by atoms with Crippen LogP contribution in [0.3, 0.4) is 0 Å². The molecule has 2 rings (SSSR count). The lowest BCUT2D eigenvalue weighted by Gasteiger charge is -2.29. The Morgan fingerprint density at radius 1 is 1.04 bits per heavy atom. The molecule has 0 saturated carbocycles. The molecule has 1 atom stereocenters. The van der Waals surface area contributed by atoms with Crippen molar-refractivity contribution in [1.82, 2.24) is 0 Å². The number of hydrogen-bond donors (Lipinski definition) is 0. The molecular weight excluding hydrogens is 306 g/mol. The van der Waals surface area contributed by atoms with Crippen LogP contribution < -0.4 is 14.4 Å². The average Bonchev–Trinajstić information content (AvgIpc) is 2.62. The van der Waals surface area contributed by atoms with Gasteiger partial charge in [-0.15, -0.1) is 0 Å². The van der Waals surface area contributed by atoms with E-state index in [-0.39, 0.29) is 5.97 Å². The number of esters is 1. The van der Waals surface area contributed by atoms with E-state index in [0.717, 1.165) is 11.4 Å². The normalized spacial score (nSPS) is 11.5. The summed E-state index contributed by atoms with van der Waals surface area (Å²) in [4.78, 5) is 14.3. The molecule has 24 heavy (non-hydrogen) atoms. The number of hydrogen-bond acceptors (Lipinski definition) is 5. The van der Waals surface area contributed by atoms with E-state index in [1.807, 2.05) is 43.0 Å². The van der Waals surface area contributed by atoms with Gasteiger partial charge in [0.1, 0.15) is 11.5 Å². The largest absolute Gasteiger partial charge is 0.497 e. The summed E-state index contributed by atoms with van der Waals surface area (Å²) in [5.41, 5.74) is 1.43. The maximum atomic E-state index is 12.3. The number of ether oxygens (including phenoxy) is 3. The van der Waals surface area contributed by atoms with Crippen molar-refractivity contribution in [3.8, 4) is 11.5 Å². The molecule has 0 heterocycles. The zero-order valence-electron chi connectivity index (χ0n) is 14.5. The highest BCUT2D eigenvalue weighted by atomic mass is 16.6. The Bertz CT molecular complexity index is 669. The molecular formula is C19H23NO4. The van der Waals surface area contributed by atoms with Gasteiger partial charge >= 0.3 is 5.97 Å². The minimum Gasteiger partial charge on any atom is -0.497 e. The van der Waals surface area contributed by atoms with Gasteiger partial charge in [-0.05, 0) is 50.2 Å². The molecule has 2 aromatic carbocycles. The molecule has 0 fully saturated rings. The summed E-state index contributed by atoms with van der Waals surface area (Å²) in [6.07, 6.45) is -0.406. The fourth-order valence-corrected chi connectivity index (χ4v) is 2.45. The predicted molar refractivity (Wildman–Crippen MR) is 93.9 cm³/mol. The van der Waals surface area contributed by atoms with Crippen molar-refractivity contribution >= 4 is 11.7 Å². The predicted octanol–water partition coefficient (Wildman–Crippen LogP) is 3.73. The van der Waals surface area contributed by atoms with Crippen molar-refractivity contribution in [2.45, 2.75) is 20.1 Å². The average molecular weight is 329 g/mol. The van der Waals surface area contributed by atoms with Crippen LogP contribution in [0.1, 0.15) is 24.2 Å². The highest BCUT2D eigenvalue weighted by molar-refractivity contribution is 5.89. The molecule has 2 aromatic rings. The molecule has 0 saturated heterocycles. The van der Waals surface area contributed by atoms with Crippen LogP contribution in [-0.4, -0.2) is 33.0 Å². The maximum Gasteiger partial charge on any atom is 0.340 e. The molecule has 0 amide bonds. The molecule has 1 unspecified atom stereocenters. The number of benzene rings is 2. The van der Waals surface area contributed by atoms with Gasteiger partial charge in [0, 0.05) is 18.3 Å². The molecule has 5 nitrogen and oxygen atoms in total. The summed E-state index contributed by atoms with van der Waals surface area (Å²) in [6.45, 7) is 4.56. The van der Waals surface area contributed by atoms with Crippen LogP contribution in [0, 0.1) is 0 Å². The van der Waals surface area contributed by atoms with E-state index in [0.29, 0.717) is 17.9 Å². The van der Waals surface area contributed by atoms with Gasteiger partial charge in [0.2, 0.25) is 0 Å². The van der Waals surface area contributed by atoms with E-state index >= 15 is 0 Å². The van der Waals surface area contributed by atoms with E-state index in [1.165, 1.54) is 0 Å². The highest BCUT2D eigenvalue weighted by Gasteiger charge is 2.18. The van der Waals surface area contributed by atoms with Crippen molar-refractivity contribution in [3.05, 3.63) is 54.1 Å². The zero-order chi connectivity index (χ0) is 17.5. The SMILES string of the molecule is CCN(c1cccc(OC)c1)C(C)OC(=O)c1ccc(OC)cc1. The first kappa shape index (κ1) is 17.7. The Hall–Kier alpha value is -2.69. The summed E-state index contributed by atoms with van der Waals surface area (Å²) in [5.74, 6) is 1.09. The topological polar surface area (TPSA) is 48.0 Å². The van der Waals surface area contributed by atoms with Crippen LogP contribution in [0.4, 0.5) is 5.69 Å². The Kier molecular flexibility index (Phi) is 6.07. The lowest BCUT2D eigenvalue weighted by atomic mass is 10.2. The molecule has 5 heteroatoms. The van der Waals surface area contributed by atoms with Gasteiger partial charge < -0.3 is 19.1 Å². The van der Waals surface area contributed by atoms with Gasteiger partial charge in [-0.3, -0.25) is 0 Å². The molecule has 0 N–H and O–H groups in total. The van der Waals surface area contributed by atoms with E-state index in [4.69, 9.17) is 14.2 Å². The van der Waals surface area contributed by atoms with E-state index in [9.17, 15) is 4.79 Å². The number of carbonyl (C=O) groups is 1. The number of carbonyl (C=O) groups excluding carboxylic acids is 1. The Labute approximate surface area is 142 Å². The fourth-order valence-electron chi connectivity index (χ4n) is 2.45. The van der Waals surface area contributed by atoms with Crippen LogP contribution >= 0.6 is 0 Å². The number of rotatable bonds is 7. The Morgan fingerprint density at radius 3 is 2.29 bits per heavy atom.